The second-order valence-corrected chi connectivity index (χ2v) is 5.97. The third-order valence-corrected chi connectivity index (χ3v) is 3.99. The molecular weight excluding hydrogens is 336 g/mol. The van der Waals surface area contributed by atoms with Gasteiger partial charge in [-0.3, -0.25) is 4.98 Å². The number of urea groups is 1. The average Bonchev–Trinajstić information content (AvgIpc) is 3.15. The molecule has 0 fully saturated rings. The Hall–Kier alpha value is -2.93. The van der Waals surface area contributed by atoms with Gasteiger partial charge in [0.05, 0.1) is 11.2 Å². The van der Waals surface area contributed by atoms with Crippen molar-refractivity contribution in [1.82, 2.24) is 15.3 Å². The van der Waals surface area contributed by atoms with Gasteiger partial charge in [-0.25, -0.2) is 9.78 Å². The number of anilines is 1. The van der Waals surface area contributed by atoms with E-state index < -0.39 is 0 Å². The third-order valence-electron chi connectivity index (χ3n) is 3.35. The molecule has 0 aliphatic carbocycles. The van der Waals surface area contributed by atoms with Gasteiger partial charge in [-0.2, -0.15) is 0 Å². The number of ether oxygens (including phenoxy) is 1. The lowest BCUT2D eigenvalue weighted by molar-refractivity contribution is 0.252. The van der Waals surface area contributed by atoms with Gasteiger partial charge in [0.25, 0.3) is 0 Å². The zero-order chi connectivity index (χ0) is 17.3. The number of benzene rings is 1. The molecule has 0 unspecified atom stereocenters. The van der Waals surface area contributed by atoms with Crippen molar-refractivity contribution >= 4 is 23.1 Å². The van der Waals surface area contributed by atoms with E-state index in [2.05, 4.69) is 20.6 Å². The van der Waals surface area contributed by atoms with Crippen LogP contribution >= 0.6 is 11.3 Å². The summed E-state index contributed by atoms with van der Waals surface area (Å²) in [6, 6.07) is 12.7. The van der Waals surface area contributed by atoms with Gasteiger partial charge in [-0.15, -0.1) is 11.3 Å². The van der Waals surface area contributed by atoms with E-state index >= 15 is 0 Å². The minimum Gasteiger partial charge on any atom is -0.487 e. The molecule has 0 spiro atoms. The minimum absolute atomic E-state index is 0.257. The van der Waals surface area contributed by atoms with Gasteiger partial charge in [-0.05, 0) is 24.3 Å². The Morgan fingerprint density at radius 1 is 1.12 bits per heavy atom. The maximum atomic E-state index is 12.0. The SMILES string of the molecule is O=C(NCCc1ccccn1)Nc1cccc(OCc2cscn2)c1. The van der Waals surface area contributed by atoms with E-state index in [9.17, 15) is 4.79 Å². The predicted molar refractivity (Wildman–Crippen MR) is 97.9 cm³/mol. The highest BCUT2D eigenvalue weighted by Gasteiger charge is 2.04. The molecule has 128 valence electrons. The molecule has 0 saturated carbocycles. The normalized spacial score (nSPS) is 10.2. The van der Waals surface area contributed by atoms with Crippen molar-refractivity contribution < 1.29 is 9.53 Å². The molecule has 0 radical (unpaired) electrons. The van der Waals surface area contributed by atoms with E-state index in [0.717, 1.165) is 11.4 Å². The lowest BCUT2D eigenvalue weighted by Gasteiger charge is -2.09. The van der Waals surface area contributed by atoms with E-state index in [1.165, 1.54) is 11.3 Å². The first-order chi connectivity index (χ1) is 12.3. The molecule has 25 heavy (non-hydrogen) atoms. The van der Waals surface area contributed by atoms with Gasteiger partial charge < -0.3 is 15.4 Å². The van der Waals surface area contributed by atoms with Gasteiger partial charge >= 0.3 is 6.03 Å². The van der Waals surface area contributed by atoms with Gasteiger partial charge in [0.2, 0.25) is 0 Å². The van der Waals surface area contributed by atoms with Crippen LogP contribution in [0.25, 0.3) is 0 Å². The lowest BCUT2D eigenvalue weighted by atomic mass is 10.3. The summed E-state index contributed by atoms with van der Waals surface area (Å²) in [6.45, 7) is 0.923. The smallest absolute Gasteiger partial charge is 0.319 e. The molecule has 1 aromatic carbocycles. The van der Waals surface area contributed by atoms with Crippen molar-refractivity contribution in [2.24, 2.45) is 0 Å². The Morgan fingerprint density at radius 3 is 2.88 bits per heavy atom. The van der Waals surface area contributed by atoms with Crippen LogP contribution in [0.2, 0.25) is 0 Å². The molecule has 6 nitrogen and oxygen atoms in total. The largest absolute Gasteiger partial charge is 0.487 e. The Balaban J connectivity index is 1.45. The molecule has 2 N–H and O–H groups in total. The zero-order valence-electron chi connectivity index (χ0n) is 13.5. The number of hydrogen-bond acceptors (Lipinski definition) is 5. The van der Waals surface area contributed by atoms with Crippen LogP contribution in [0, 0.1) is 0 Å². The Labute approximate surface area is 149 Å². The van der Waals surface area contributed by atoms with Gasteiger partial charge in [0, 0.05) is 42.0 Å². The number of rotatable bonds is 7. The quantitative estimate of drug-likeness (QED) is 0.681. The fourth-order valence-electron chi connectivity index (χ4n) is 2.16. The molecule has 0 aliphatic heterocycles. The van der Waals surface area contributed by atoms with Crippen LogP contribution in [0.1, 0.15) is 11.4 Å². The molecule has 0 aliphatic rings. The second-order valence-electron chi connectivity index (χ2n) is 5.25. The van der Waals surface area contributed by atoms with Crippen LogP contribution in [0.4, 0.5) is 10.5 Å². The summed E-state index contributed by atoms with van der Waals surface area (Å²) < 4.78 is 5.68. The first kappa shape index (κ1) is 16.9. The van der Waals surface area contributed by atoms with E-state index in [0.29, 0.717) is 31.0 Å². The summed E-state index contributed by atoms with van der Waals surface area (Å²) in [6.07, 6.45) is 2.43. The van der Waals surface area contributed by atoms with Crippen LogP contribution in [-0.2, 0) is 13.0 Å². The lowest BCUT2D eigenvalue weighted by Crippen LogP contribution is -2.30. The highest BCUT2D eigenvalue weighted by molar-refractivity contribution is 7.07. The van der Waals surface area contributed by atoms with Gasteiger partial charge in [0.1, 0.15) is 12.4 Å². The fourth-order valence-corrected chi connectivity index (χ4v) is 2.70. The third kappa shape index (κ3) is 5.58. The predicted octanol–water partition coefficient (Wildman–Crippen LogP) is 3.48. The van der Waals surface area contributed by atoms with E-state index in [4.69, 9.17) is 4.74 Å². The molecule has 2 heterocycles. The first-order valence-electron chi connectivity index (χ1n) is 7.84. The zero-order valence-corrected chi connectivity index (χ0v) is 14.3. The van der Waals surface area contributed by atoms with Crippen LogP contribution < -0.4 is 15.4 Å². The number of carbonyl (C=O) groups excluding carboxylic acids is 1. The number of nitrogens with one attached hydrogen (secondary N) is 2. The maximum Gasteiger partial charge on any atom is 0.319 e. The number of carbonyl (C=O) groups is 1. The number of amides is 2. The number of hydrogen-bond donors (Lipinski definition) is 2. The molecular formula is C18H18N4O2S. The molecule has 3 rings (SSSR count). The highest BCUT2D eigenvalue weighted by atomic mass is 32.1. The second kappa shape index (κ2) is 8.79. The summed E-state index contributed by atoms with van der Waals surface area (Å²) in [5.74, 6) is 0.680. The number of pyridine rings is 1. The Kier molecular flexibility index (Phi) is 5.95. The van der Waals surface area contributed by atoms with Crippen molar-refractivity contribution in [3.63, 3.8) is 0 Å². The molecule has 0 atom stereocenters. The summed E-state index contributed by atoms with van der Waals surface area (Å²) in [5, 5.41) is 7.55. The van der Waals surface area contributed by atoms with E-state index in [1.54, 1.807) is 17.8 Å². The van der Waals surface area contributed by atoms with Crippen molar-refractivity contribution in [1.29, 1.82) is 0 Å². The topological polar surface area (TPSA) is 76.1 Å². The van der Waals surface area contributed by atoms with Gasteiger partial charge in [0.15, 0.2) is 0 Å². The number of thiazole rings is 1. The standard InChI is InChI=1S/C18H18N4O2S/c23-18(20-9-7-14-4-1-2-8-19-14)22-15-5-3-6-17(10-15)24-11-16-12-25-13-21-16/h1-6,8,10,12-13H,7,9,11H2,(H2,20,22,23). The Bertz CT molecular complexity index is 794. The van der Waals surface area contributed by atoms with Gasteiger partial charge in [-0.1, -0.05) is 12.1 Å². The summed E-state index contributed by atoms with van der Waals surface area (Å²) in [5.41, 5.74) is 4.27. The molecule has 0 saturated heterocycles. The highest BCUT2D eigenvalue weighted by Crippen LogP contribution is 2.18. The minimum atomic E-state index is -0.257. The molecule has 7 heteroatoms. The molecule has 2 amide bonds. The summed E-state index contributed by atoms with van der Waals surface area (Å²) in [7, 11) is 0. The van der Waals surface area contributed by atoms with E-state index in [1.807, 2.05) is 41.8 Å². The van der Waals surface area contributed by atoms with Crippen LogP contribution in [0.15, 0.2) is 59.6 Å². The number of nitrogens with zero attached hydrogens (tertiary/aromatic N) is 2. The maximum absolute atomic E-state index is 12.0. The average molecular weight is 354 g/mol. The van der Waals surface area contributed by atoms with Crippen molar-refractivity contribution in [3.05, 3.63) is 70.9 Å². The summed E-state index contributed by atoms with van der Waals surface area (Å²) in [4.78, 5) is 20.4. The molecule has 0 bridgehead atoms. The van der Waals surface area contributed by atoms with E-state index in [-0.39, 0.29) is 6.03 Å². The van der Waals surface area contributed by atoms with Crippen LogP contribution in [-0.4, -0.2) is 22.5 Å². The molecule has 2 aromatic heterocycles. The monoisotopic (exact) mass is 354 g/mol. The van der Waals surface area contributed by atoms with Crippen molar-refractivity contribution in [3.8, 4) is 5.75 Å². The number of aromatic nitrogens is 2. The Morgan fingerprint density at radius 2 is 2.08 bits per heavy atom. The summed E-state index contributed by atoms with van der Waals surface area (Å²) >= 11 is 1.53. The molecule has 3 aromatic rings. The van der Waals surface area contributed by atoms with Crippen molar-refractivity contribution in [2.45, 2.75) is 13.0 Å². The van der Waals surface area contributed by atoms with Crippen molar-refractivity contribution in [2.75, 3.05) is 11.9 Å². The fraction of sp³-hybridized carbons (Fsp3) is 0.167. The first-order valence-corrected chi connectivity index (χ1v) is 8.78. The van der Waals surface area contributed by atoms with Crippen LogP contribution in [0.5, 0.6) is 5.75 Å². The van der Waals surface area contributed by atoms with Crippen LogP contribution in [0.3, 0.4) is 0 Å².